The van der Waals surface area contributed by atoms with E-state index in [2.05, 4.69) is 0 Å². The lowest BCUT2D eigenvalue weighted by molar-refractivity contribution is 0.669. The zero-order valence-corrected chi connectivity index (χ0v) is 25.7. The highest BCUT2D eigenvalue weighted by Gasteiger charge is 2.52. The van der Waals surface area contributed by atoms with Gasteiger partial charge in [0.05, 0.1) is 59.2 Å². The van der Waals surface area contributed by atoms with E-state index in [1.165, 1.54) is 0 Å². The Morgan fingerprint density at radius 1 is 0.431 bits per heavy atom. The Labute approximate surface area is 334 Å². The molecule has 9 aromatic rings. The molecular formula is C49H31NO. The summed E-state index contributed by atoms with van der Waals surface area (Å²) >= 11 is 0. The molecule has 0 amide bonds. The lowest BCUT2D eigenvalue weighted by Crippen LogP contribution is -2.26. The fourth-order valence-electron chi connectivity index (χ4n) is 7.25. The number of furan rings is 1. The molecule has 0 saturated carbocycles. The number of hydrogen-bond acceptors (Lipinski definition) is 2. The van der Waals surface area contributed by atoms with E-state index < -0.39 is 247 Å². The summed E-state index contributed by atoms with van der Waals surface area (Å²) in [5, 5.41) is -0.731. The summed E-state index contributed by atoms with van der Waals surface area (Å²) in [5.74, 6) is 0. The van der Waals surface area contributed by atoms with Crippen LogP contribution in [0.2, 0.25) is 0 Å². The Hall–Kier alpha value is -6.64. The number of nitrogens with zero attached hydrogens (tertiary/aromatic N) is 1. The van der Waals surface area contributed by atoms with Gasteiger partial charge in [0, 0.05) is 16.6 Å². The second kappa shape index (κ2) is 10.7. The minimum atomic E-state index is -2.76. The van der Waals surface area contributed by atoms with Crippen LogP contribution in [0.5, 0.6) is 0 Å². The minimum absolute atomic E-state index is 0.344. The monoisotopic (exact) mass is 676 g/mol. The van der Waals surface area contributed by atoms with E-state index in [0.29, 0.717) is 0 Å². The van der Waals surface area contributed by atoms with Crippen LogP contribution in [0.3, 0.4) is 0 Å². The zero-order chi connectivity index (χ0) is 57.0. The summed E-state index contributed by atoms with van der Waals surface area (Å²) in [7, 11) is 0. The van der Waals surface area contributed by atoms with Crippen molar-refractivity contribution in [1.29, 1.82) is 0 Å². The molecule has 0 bridgehead atoms. The van der Waals surface area contributed by atoms with Gasteiger partial charge in [-0.3, -0.25) is 0 Å². The Bertz CT molecular complexity index is 4250. The van der Waals surface area contributed by atoms with Crippen molar-refractivity contribution in [1.82, 2.24) is 0 Å². The van der Waals surface area contributed by atoms with E-state index in [1.54, 1.807) is 0 Å². The molecule has 51 heavy (non-hydrogen) atoms. The molecule has 1 spiro atoms. The summed E-state index contributed by atoms with van der Waals surface area (Å²) in [6, 6.07) is -17.9. The highest BCUT2D eigenvalue weighted by molar-refractivity contribution is 6.14. The van der Waals surface area contributed by atoms with E-state index in [4.69, 9.17) is 27.7 Å². The summed E-state index contributed by atoms with van der Waals surface area (Å²) in [4.78, 5) is 1.07. The van der Waals surface area contributed by atoms with Gasteiger partial charge in [0.2, 0.25) is 0 Å². The second-order valence-electron chi connectivity index (χ2n) is 11.6. The average molecular weight is 677 g/mol. The molecule has 8 aromatic carbocycles. The van der Waals surface area contributed by atoms with Crippen LogP contribution < -0.4 is 4.90 Å². The van der Waals surface area contributed by atoms with E-state index in [9.17, 15) is 13.7 Å². The molecule has 238 valence electrons. The van der Waals surface area contributed by atoms with Crippen LogP contribution >= 0.6 is 0 Å². The molecule has 0 unspecified atom stereocenters. The molecule has 2 nitrogen and oxygen atoms in total. The van der Waals surface area contributed by atoms with Gasteiger partial charge in [0.1, 0.15) is 11.2 Å². The van der Waals surface area contributed by atoms with E-state index in [1.807, 2.05) is 0 Å². The topological polar surface area (TPSA) is 16.4 Å². The van der Waals surface area contributed by atoms with Crippen LogP contribution in [0.4, 0.5) is 17.1 Å². The summed E-state index contributed by atoms with van der Waals surface area (Å²) in [6.07, 6.45) is 0. The molecular weight excluding hydrogens is 619 g/mol. The second-order valence-corrected chi connectivity index (χ2v) is 11.6. The predicted octanol–water partition coefficient (Wildman–Crippen LogP) is 13.1. The van der Waals surface area contributed by atoms with Crippen molar-refractivity contribution in [2.24, 2.45) is 0 Å². The van der Waals surface area contributed by atoms with Crippen LogP contribution in [0, 0.1) is 0 Å². The Kier molecular flexibility index (Phi) is 2.64. The normalized spacial score (nSPS) is 20.7. The fourth-order valence-corrected chi connectivity index (χ4v) is 7.25. The van der Waals surface area contributed by atoms with Gasteiger partial charge in [-0.2, -0.15) is 0 Å². The molecule has 1 heterocycles. The lowest BCUT2D eigenvalue weighted by atomic mass is 9.70. The molecule has 0 N–H and O–H groups in total. The van der Waals surface area contributed by atoms with Crippen molar-refractivity contribution in [3.8, 4) is 33.4 Å². The number of para-hydroxylation sites is 1. The van der Waals surface area contributed by atoms with Crippen molar-refractivity contribution >= 4 is 39.0 Å². The number of anilines is 3. The lowest BCUT2D eigenvalue weighted by Gasteiger charge is -2.32. The molecule has 2 aliphatic rings. The largest absolute Gasteiger partial charge is 0.456 e. The van der Waals surface area contributed by atoms with Crippen LogP contribution in [0.15, 0.2) is 192 Å². The number of benzene rings is 8. The predicted molar refractivity (Wildman–Crippen MR) is 210 cm³/mol. The smallest absolute Gasteiger partial charge is 0.137 e. The number of fused-ring (bicyclic) bond motifs is 13. The maximum Gasteiger partial charge on any atom is 0.137 e. The molecule has 0 radical (unpaired) electrons. The Morgan fingerprint density at radius 3 is 1.71 bits per heavy atom. The fraction of sp³-hybridized carbons (Fsp3) is 0.0204. The molecule has 2 aliphatic carbocycles. The summed E-state index contributed by atoms with van der Waals surface area (Å²) in [5.41, 5.74) is -10.5. The van der Waals surface area contributed by atoms with Crippen LogP contribution in [-0.2, 0) is 5.41 Å². The molecule has 1 aromatic heterocycles. The van der Waals surface area contributed by atoms with Crippen LogP contribution in [-0.4, -0.2) is 0 Å². The number of hydrogen-bond donors (Lipinski definition) is 0. The van der Waals surface area contributed by atoms with Crippen molar-refractivity contribution < 1.29 is 41.4 Å². The van der Waals surface area contributed by atoms with E-state index in [-0.39, 0.29) is 16.5 Å². The quantitative estimate of drug-likeness (QED) is 0.184. The molecule has 0 atom stereocenters. The third-order valence-electron chi connectivity index (χ3n) is 9.18. The molecule has 0 saturated heterocycles. The molecule has 11 rings (SSSR count). The number of rotatable bonds is 4. The Morgan fingerprint density at radius 2 is 0.961 bits per heavy atom. The van der Waals surface area contributed by atoms with Crippen molar-refractivity contribution in [3.05, 3.63) is 210 Å². The first-order chi connectivity index (χ1) is 36.5. The first-order valence-corrected chi connectivity index (χ1v) is 15.4. The van der Waals surface area contributed by atoms with Gasteiger partial charge in [-0.05, 0) is 86.4 Å². The first kappa shape index (κ1) is 12.6. The zero-order valence-electron chi connectivity index (χ0n) is 52.7. The third kappa shape index (κ3) is 3.82. The van der Waals surface area contributed by atoms with Gasteiger partial charge in [-0.15, -0.1) is 0 Å². The Balaban J connectivity index is 1.42. The molecule has 0 aliphatic heterocycles. The van der Waals surface area contributed by atoms with Crippen LogP contribution in [0.1, 0.15) is 59.3 Å². The average Bonchev–Trinajstić information content (AvgIpc) is 3.76. The third-order valence-corrected chi connectivity index (χ3v) is 9.18. The maximum atomic E-state index is 9.91. The standard InChI is InChI=1S/C49H31NO/c1-2-14-32(15-3-1)33-28-30-34(31-29-33)50(44-25-13-27-46-48(44)38-19-7-11-26-45(38)51-46)43-24-12-23-42-47(43)37-18-6-10-22-41(37)49(42)39-20-8-4-16-35(39)36-17-5-9-21-40(36)49/h1-31H/i1D,2D,3D,4D,5D,6D,7D,8D,9D,10D,11D,12D,13D,14D,15D,16D,17D,18D,19D,20D,21D,22D,23D,26D,27D,28D,29D. The molecule has 0 fully saturated rings. The van der Waals surface area contributed by atoms with E-state index >= 15 is 0 Å². The highest BCUT2D eigenvalue weighted by Crippen LogP contribution is 2.64. The van der Waals surface area contributed by atoms with E-state index in [0.717, 1.165) is 29.2 Å². The van der Waals surface area contributed by atoms with Gasteiger partial charge >= 0.3 is 0 Å². The van der Waals surface area contributed by atoms with Crippen LogP contribution in [0.25, 0.3) is 55.3 Å². The molecule has 2 heteroatoms. The van der Waals surface area contributed by atoms with Gasteiger partial charge in [0.15, 0.2) is 0 Å². The van der Waals surface area contributed by atoms with Crippen molar-refractivity contribution in [2.45, 2.75) is 5.41 Å². The highest BCUT2D eigenvalue weighted by atomic mass is 16.3. The van der Waals surface area contributed by atoms with Crippen molar-refractivity contribution in [2.75, 3.05) is 4.90 Å². The van der Waals surface area contributed by atoms with Gasteiger partial charge < -0.3 is 9.32 Å². The maximum absolute atomic E-state index is 9.91. The van der Waals surface area contributed by atoms with Gasteiger partial charge in [-0.1, -0.05) is 151 Å². The SMILES string of the molecule is [2H]c1cc(N(c2cc([2H])c(-c3c([2H])c([2H])c([2H])c([2H])c3[2H])c([2H])c2)c2cc([2H])c([2H])c3oc4c([2H])c([2H])c([2H])c([2H])c4c23)c2c(c1[2H])C1(c3c([2H])c([2H])c([2H])c([2H])c3-2)c2c([2H])c([2H])c([2H])c([2H])c2-c2c([2H])c([2H])c([2H])c([2H])c21. The van der Waals surface area contributed by atoms with Gasteiger partial charge in [0.25, 0.3) is 0 Å². The van der Waals surface area contributed by atoms with Gasteiger partial charge in [-0.25, -0.2) is 0 Å². The summed E-state index contributed by atoms with van der Waals surface area (Å²) in [6.45, 7) is 0. The first-order valence-electron chi connectivity index (χ1n) is 28.9. The minimum Gasteiger partial charge on any atom is -0.456 e. The van der Waals surface area contributed by atoms with Crippen molar-refractivity contribution in [3.63, 3.8) is 0 Å². The summed E-state index contributed by atoms with van der Waals surface area (Å²) < 4.78 is 251.